The predicted octanol–water partition coefficient (Wildman–Crippen LogP) is 6.02. The maximum Gasteiger partial charge on any atom is 0.246 e. The van der Waals surface area contributed by atoms with E-state index in [0.717, 1.165) is 76.6 Å². The van der Waals surface area contributed by atoms with Crippen LogP contribution in [0.15, 0.2) is 90.7 Å². The zero-order valence-electron chi connectivity index (χ0n) is 47.8. The van der Waals surface area contributed by atoms with Crippen molar-refractivity contribution < 1.29 is 38.4 Å². The molecule has 0 radical (unpaired) electrons. The fraction of sp³-hybridized carbons (Fsp3) is 0.492. The normalized spacial score (nSPS) is 23.0. The molecule has 3 aliphatic rings. The first kappa shape index (κ1) is 60.8. The molecule has 1 saturated carbocycles. The Morgan fingerprint density at radius 1 is 0.786 bits per heavy atom. The van der Waals surface area contributed by atoms with E-state index in [1.54, 1.807) is 34.5 Å². The summed E-state index contributed by atoms with van der Waals surface area (Å²) >= 11 is 3.19. The van der Waals surface area contributed by atoms with Gasteiger partial charge >= 0.3 is 0 Å². The molecule has 84 heavy (non-hydrogen) atoms. The van der Waals surface area contributed by atoms with Crippen molar-refractivity contribution in [1.82, 2.24) is 61.6 Å². The number of carbonyl (C=O) groups is 8. The summed E-state index contributed by atoms with van der Waals surface area (Å²) in [5.74, 6) is -5.50. The molecular formula is C61H77N13O8S2. The number of aromatic nitrogens is 5. The molecule has 8 amide bonds. The molecule has 4 aromatic heterocycles. The molecule has 2 aliphatic heterocycles. The zero-order valence-corrected chi connectivity index (χ0v) is 49.4. The smallest absolute Gasteiger partial charge is 0.246 e. The predicted molar refractivity (Wildman–Crippen MR) is 321 cm³/mol. The van der Waals surface area contributed by atoms with Gasteiger partial charge in [0, 0.05) is 64.8 Å². The molecule has 6 heterocycles. The van der Waals surface area contributed by atoms with Crippen molar-refractivity contribution in [2.75, 3.05) is 13.1 Å². The lowest BCUT2D eigenvalue weighted by Gasteiger charge is -2.35. The van der Waals surface area contributed by atoms with E-state index in [1.165, 1.54) is 32.0 Å². The van der Waals surface area contributed by atoms with Gasteiger partial charge in [-0.3, -0.25) is 43.0 Å². The SMILES string of the molecule is CCCCCCCC(=O)N[C@H]1CC(=O)NCCCC[C@@H](C(N)=O)NC(=O)[C@H](Cc2csc3ccccc23)NC(=O)[C@@H]2C[C@H](n3cc(-c4ccc(-c5ccc(C)s5)cc4)nn3)CN2C(=O)[C@H](C2CCCCC2)NC(=O)[C@H](Cn2cccn2)NC1=O. The molecule has 2 saturated heterocycles. The summed E-state index contributed by atoms with van der Waals surface area (Å²) in [5, 5.41) is 33.5. The molecule has 3 fully saturated rings. The van der Waals surface area contributed by atoms with E-state index in [1.807, 2.05) is 53.9 Å². The van der Waals surface area contributed by atoms with E-state index in [4.69, 9.17) is 5.73 Å². The third-order valence-corrected chi connectivity index (χ3v) is 18.3. The van der Waals surface area contributed by atoms with Gasteiger partial charge in [-0.05, 0) is 97.5 Å². The number of nitrogens with one attached hydrogen (secondary N) is 6. The fourth-order valence-corrected chi connectivity index (χ4v) is 13.4. The van der Waals surface area contributed by atoms with Crippen molar-refractivity contribution >= 4 is 80.0 Å². The lowest BCUT2D eigenvalue weighted by Crippen LogP contribution is -2.61. The molecule has 8 N–H and O–H groups in total. The molecule has 0 bridgehead atoms. The number of hydrogen-bond acceptors (Lipinski definition) is 13. The minimum Gasteiger partial charge on any atom is -0.368 e. The maximum absolute atomic E-state index is 15.8. The number of thiophene rings is 2. The molecule has 0 unspecified atom stereocenters. The van der Waals surface area contributed by atoms with E-state index in [9.17, 15) is 24.0 Å². The van der Waals surface area contributed by atoms with Crippen LogP contribution in [0.2, 0.25) is 0 Å². The quantitative estimate of drug-likeness (QED) is 0.0550. The number of rotatable bonds is 16. The van der Waals surface area contributed by atoms with Gasteiger partial charge in [-0.15, -0.1) is 27.8 Å². The summed E-state index contributed by atoms with van der Waals surface area (Å²) in [6, 6.07) is 13.4. The molecule has 23 heteroatoms. The van der Waals surface area contributed by atoms with Crippen LogP contribution in [0.1, 0.15) is 126 Å². The summed E-state index contributed by atoms with van der Waals surface area (Å²) in [7, 11) is 0. The Hall–Kier alpha value is -7.79. The van der Waals surface area contributed by atoms with Crippen molar-refractivity contribution in [3.8, 4) is 21.7 Å². The van der Waals surface area contributed by atoms with Gasteiger partial charge in [0.2, 0.25) is 47.3 Å². The van der Waals surface area contributed by atoms with Crippen LogP contribution in [0.5, 0.6) is 0 Å². The number of amides is 8. The average Bonchev–Trinajstić information content (AvgIpc) is 4.43. The van der Waals surface area contributed by atoms with Crippen molar-refractivity contribution in [2.45, 2.75) is 172 Å². The second kappa shape index (κ2) is 29.1. The van der Waals surface area contributed by atoms with E-state index in [2.05, 4.69) is 73.3 Å². The Bertz CT molecular complexity index is 3240. The first-order valence-corrected chi connectivity index (χ1v) is 31.3. The number of hydrogen-bond donors (Lipinski definition) is 7. The third kappa shape index (κ3) is 15.9. The van der Waals surface area contributed by atoms with Crippen LogP contribution in [0.25, 0.3) is 31.8 Å². The molecule has 446 valence electrons. The average molecular weight is 1180 g/mol. The van der Waals surface area contributed by atoms with Gasteiger partial charge in [0.1, 0.15) is 41.9 Å². The lowest BCUT2D eigenvalue weighted by atomic mass is 9.83. The van der Waals surface area contributed by atoms with Crippen LogP contribution in [0, 0.1) is 12.8 Å². The monoisotopic (exact) mass is 1180 g/mol. The Balaban J connectivity index is 1.07. The van der Waals surface area contributed by atoms with Crippen LogP contribution in [-0.2, 0) is 51.3 Å². The number of nitrogens with two attached hydrogens (primary N) is 1. The minimum absolute atomic E-state index is 0.0270. The van der Waals surface area contributed by atoms with E-state index in [-0.39, 0.29) is 51.2 Å². The van der Waals surface area contributed by atoms with Crippen LogP contribution < -0.4 is 37.6 Å². The lowest BCUT2D eigenvalue weighted by molar-refractivity contribution is -0.144. The summed E-state index contributed by atoms with van der Waals surface area (Å²) in [6.07, 6.45) is 13.5. The Morgan fingerprint density at radius 3 is 2.29 bits per heavy atom. The molecule has 7 atom stereocenters. The van der Waals surface area contributed by atoms with Crippen LogP contribution in [-0.4, -0.2) is 126 Å². The number of benzene rings is 2. The van der Waals surface area contributed by atoms with Gasteiger partial charge in [-0.25, -0.2) is 4.68 Å². The van der Waals surface area contributed by atoms with Crippen LogP contribution >= 0.6 is 22.7 Å². The van der Waals surface area contributed by atoms with Crippen molar-refractivity contribution in [3.05, 3.63) is 101 Å². The number of aryl methyl sites for hydroxylation is 1. The summed E-state index contributed by atoms with van der Waals surface area (Å²) in [6.45, 7) is 4.09. The van der Waals surface area contributed by atoms with Crippen LogP contribution in [0.3, 0.4) is 0 Å². The Kier molecular flexibility index (Phi) is 21.1. The van der Waals surface area contributed by atoms with E-state index in [0.29, 0.717) is 37.8 Å². The highest BCUT2D eigenvalue weighted by Crippen LogP contribution is 2.35. The summed E-state index contributed by atoms with van der Waals surface area (Å²) in [5.41, 5.74) is 9.17. The number of fused-ring (bicyclic) bond motifs is 2. The summed E-state index contributed by atoms with van der Waals surface area (Å²) in [4.78, 5) is 120. The highest BCUT2D eigenvalue weighted by molar-refractivity contribution is 7.17. The highest BCUT2D eigenvalue weighted by atomic mass is 32.1. The van der Waals surface area contributed by atoms with Crippen molar-refractivity contribution in [1.29, 1.82) is 0 Å². The minimum atomic E-state index is -1.39. The van der Waals surface area contributed by atoms with Gasteiger partial charge in [0.05, 0.1) is 25.2 Å². The topological polar surface area (TPSA) is 287 Å². The molecule has 9 rings (SSSR count). The number of carbonyl (C=O) groups excluding carboxylic acids is 8. The summed E-state index contributed by atoms with van der Waals surface area (Å²) < 4.78 is 4.09. The van der Waals surface area contributed by atoms with Gasteiger partial charge in [0.25, 0.3) is 0 Å². The van der Waals surface area contributed by atoms with Gasteiger partial charge in [-0.2, -0.15) is 5.10 Å². The Morgan fingerprint density at radius 2 is 1.54 bits per heavy atom. The highest BCUT2D eigenvalue weighted by Gasteiger charge is 2.46. The first-order valence-electron chi connectivity index (χ1n) is 29.6. The van der Waals surface area contributed by atoms with Crippen molar-refractivity contribution in [2.24, 2.45) is 11.7 Å². The Labute approximate surface area is 497 Å². The molecular weight excluding hydrogens is 1110 g/mol. The first-order chi connectivity index (χ1) is 40.7. The van der Waals surface area contributed by atoms with Gasteiger partial charge in [0.15, 0.2) is 0 Å². The van der Waals surface area contributed by atoms with Crippen molar-refractivity contribution in [3.63, 3.8) is 0 Å². The standard InChI is InChI=1S/C61H77N13O8S2/c1-3-4-5-6-10-21-53(75)65-47-33-54(76)63-28-14-13-19-45(56(62)77)66-57(78)46(31-42-37-83-52-20-12-11-18-44(42)52)67-60(81)50-32-43(74-36-48(70-71-74)39-23-25-40(26-24-39)51-27-22-38(2)84-51)34-73(50)61(82)55(41-16-8-7-9-17-41)69-59(80)49(68-58(47)79)35-72-30-15-29-64-72/h11-12,15,18,20,22-27,29-30,36-37,41,43,45-47,49-50,55H,3-10,13-14,16-17,19,21,28,31-35H2,1-2H3,(H2,62,77)(H,63,76)(H,65,75)(H,66,78)(H,67,81)(H,68,79)(H,69,80)/t43-,45-,46-,47-,49-,50-,55-/m0/s1. The third-order valence-electron chi connectivity index (χ3n) is 16.3. The number of nitrogens with zero attached hydrogens (tertiary/aromatic N) is 6. The second-order valence-electron chi connectivity index (χ2n) is 22.5. The fourth-order valence-electron chi connectivity index (χ4n) is 11.6. The van der Waals surface area contributed by atoms with Gasteiger partial charge in [-0.1, -0.05) is 99.5 Å². The molecule has 21 nitrogen and oxygen atoms in total. The number of primary amides is 1. The molecule has 6 aromatic rings. The van der Waals surface area contributed by atoms with Gasteiger partial charge < -0.3 is 42.5 Å². The second-order valence-corrected chi connectivity index (χ2v) is 24.7. The van der Waals surface area contributed by atoms with Crippen LogP contribution in [0.4, 0.5) is 0 Å². The number of unbranched alkanes of at least 4 members (excludes halogenated alkanes) is 4. The molecule has 2 aromatic carbocycles. The molecule has 0 spiro atoms. The largest absolute Gasteiger partial charge is 0.368 e. The maximum atomic E-state index is 15.8. The van der Waals surface area contributed by atoms with E-state index < -0.39 is 96.0 Å². The molecule has 1 aliphatic carbocycles. The van der Waals surface area contributed by atoms with E-state index >= 15 is 14.4 Å². The zero-order chi connectivity index (χ0) is 59.1.